The number of hydrogen-bond acceptors (Lipinski definition) is 2. The van der Waals surface area contributed by atoms with Gasteiger partial charge >= 0.3 is 0 Å². The highest BCUT2D eigenvalue weighted by atomic mass is 14.7. The summed E-state index contributed by atoms with van der Waals surface area (Å²) in [5.41, 5.74) is 8.00. The normalized spacial score (nSPS) is 20.6. The van der Waals surface area contributed by atoms with Gasteiger partial charge in [-0.05, 0) is 36.6 Å². The van der Waals surface area contributed by atoms with E-state index in [1.165, 1.54) is 5.56 Å². The van der Waals surface area contributed by atoms with Gasteiger partial charge in [0.25, 0.3) is 0 Å². The van der Waals surface area contributed by atoms with Crippen molar-refractivity contribution in [1.82, 2.24) is 4.98 Å². The molecular formula is C10H12N2. The van der Waals surface area contributed by atoms with Crippen molar-refractivity contribution in [1.29, 1.82) is 0 Å². The van der Waals surface area contributed by atoms with E-state index >= 15 is 0 Å². The number of rotatable bonds is 1. The monoisotopic (exact) mass is 160 g/mol. The zero-order chi connectivity index (χ0) is 8.39. The van der Waals surface area contributed by atoms with Crippen molar-refractivity contribution in [2.24, 2.45) is 11.7 Å². The van der Waals surface area contributed by atoms with E-state index in [4.69, 9.17) is 5.73 Å². The van der Waals surface area contributed by atoms with E-state index < -0.39 is 0 Å². The molecule has 0 bridgehead atoms. The Morgan fingerprint density at radius 3 is 3.33 bits per heavy atom. The van der Waals surface area contributed by atoms with Crippen molar-refractivity contribution in [3.63, 3.8) is 0 Å². The van der Waals surface area contributed by atoms with Crippen LogP contribution in [0.25, 0.3) is 6.08 Å². The van der Waals surface area contributed by atoms with Crippen molar-refractivity contribution in [2.45, 2.75) is 6.42 Å². The van der Waals surface area contributed by atoms with Gasteiger partial charge in [-0.2, -0.15) is 0 Å². The number of pyridine rings is 1. The van der Waals surface area contributed by atoms with Gasteiger partial charge in [0.1, 0.15) is 0 Å². The summed E-state index contributed by atoms with van der Waals surface area (Å²) >= 11 is 0. The summed E-state index contributed by atoms with van der Waals surface area (Å²) in [6.07, 6.45) is 7.08. The Bertz CT molecular complexity index is 304. The van der Waals surface area contributed by atoms with Gasteiger partial charge in [-0.3, -0.25) is 4.98 Å². The van der Waals surface area contributed by atoms with Gasteiger partial charge < -0.3 is 5.73 Å². The lowest BCUT2D eigenvalue weighted by atomic mass is 9.93. The summed E-state index contributed by atoms with van der Waals surface area (Å²) in [6.45, 7) is 0.727. The van der Waals surface area contributed by atoms with Crippen LogP contribution in [0, 0.1) is 5.92 Å². The number of hydrogen-bond donors (Lipinski definition) is 1. The zero-order valence-corrected chi connectivity index (χ0v) is 6.90. The van der Waals surface area contributed by atoms with Crippen LogP contribution >= 0.6 is 0 Å². The van der Waals surface area contributed by atoms with Crippen LogP contribution in [0.5, 0.6) is 0 Å². The Balaban J connectivity index is 2.33. The molecule has 0 saturated carbocycles. The molecule has 2 N–H and O–H groups in total. The molecule has 2 heteroatoms. The third-order valence-electron chi connectivity index (χ3n) is 2.24. The molecule has 1 aromatic heterocycles. The number of nitrogens with zero attached hydrogens (tertiary/aromatic N) is 1. The van der Waals surface area contributed by atoms with Crippen LogP contribution in [-0.2, 0) is 6.42 Å². The van der Waals surface area contributed by atoms with Crippen molar-refractivity contribution in [3.05, 3.63) is 35.7 Å². The minimum Gasteiger partial charge on any atom is -0.330 e. The maximum absolute atomic E-state index is 5.59. The minimum absolute atomic E-state index is 0.502. The van der Waals surface area contributed by atoms with Crippen molar-refractivity contribution < 1.29 is 0 Å². The topological polar surface area (TPSA) is 38.9 Å². The van der Waals surface area contributed by atoms with Crippen LogP contribution in [0.15, 0.2) is 24.4 Å². The van der Waals surface area contributed by atoms with E-state index in [1.807, 2.05) is 12.3 Å². The van der Waals surface area contributed by atoms with E-state index in [0.29, 0.717) is 5.92 Å². The maximum Gasteiger partial charge on any atom is 0.0658 e. The molecule has 2 nitrogen and oxygen atoms in total. The Labute approximate surface area is 72.1 Å². The van der Waals surface area contributed by atoms with E-state index in [9.17, 15) is 0 Å². The third kappa shape index (κ3) is 1.25. The molecule has 1 aliphatic rings. The smallest absolute Gasteiger partial charge is 0.0658 e. The molecule has 0 amide bonds. The second-order valence-corrected chi connectivity index (χ2v) is 3.11. The van der Waals surface area contributed by atoms with Crippen molar-refractivity contribution in [2.75, 3.05) is 6.54 Å². The molecule has 0 saturated heterocycles. The lowest BCUT2D eigenvalue weighted by molar-refractivity contribution is 0.652. The average Bonchev–Trinajstić information content (AvgIpc) is 2.17. The minimum atomic E-state index is 0.502. The molecule has 62 valence electrons. The predicted octanol–water partition coefficient (Wildman–Crippen LogP) is 1.23. The Morgan fingerprint density at radius 1 is 1.58 bits per heavy atom. The zero-order valence-electron chi connectivity index (χ0n) is 6.90. The maximum atomic E-state index is 5.59. The average molecular weight is 160 g/mol. The molecule has 0 radical (unpaired) electrons. The molecule has 1 heterocycles. The van der Waals surface area contributed by atoms with E-state index in [0.717, 1.165) is 18.7 Å². The van der Waals surface area contributed by atoms with Crippen molar-refractivity contribution in [3.8, 4) is 0 Å². The molecule has 2 rings (SSSR count). The molecule has 0 fully saturated rings. The van der Waals surface area contributed by atoms with Gasteiger partial charge in [0.2, 0.25) is 0 Å². The fourth-order valence-corrected chi connectivity index (χ4v) is 1.51. The molecule has 1 atom stereocenters. The molecule has 1 aliphatic carbocycles. The second kappa shape index (κ2) is 3.07. The summed E-state index contributed by atoms with van der Waals surface area (Å²) < 4.78 is 0. The highest BCUT2D eigenvalue weighted by Crippen LogP contribution is 2.19. The van der Waals surface area contributed by atoms with Gasteiger partial charge in [-0.15, -0.1) is 0 Å². The van der Waals surface area contributed by atoms with Gasteiger partial charge in [0, 0.05) is 6.20 Å². The quantitative estimate of drug-likeness (QED) is 0.671. The Hall–Kier alpha value is -1.15. The number of aromatic nitrogens is 1. The molecular weight excluding hydrogens is 148 g/mol. The van der Waals surface area contributed by atoms with Crippen LogP contribution < -0.4 is 5.73 Å². The van der Waals surface area contributed by atoms with E-state index in [-0.39, 0.29) is 0 Å². The summed E-state index contributed by atoms with van der Waals surface area (Å²) in [7, 11) is 0. The Kier molecular flexibility index (Phi) is 1.92. The fraction of sp³-hybridized carbons (Fsp3) is 0.300. The van der Waals surface area contributed by atoms with Crippen LogP contribution in [0.2, 0.25) is 0 Å². The highest BCUT2D eigenvalue weighted by Gasteiger charge is 2.11. The fourth-order valence-electron chi connectivity index (χ4n) is 1.51. The first-order valence-corrected chi connectivity index (χ1v) is 4.22. The molecule has 1 aromatic rings. The van der Waals surface area contributed by atoms with Gasteiger partial charge in [-0.25, -0.2) is 0 Å². The summed E-state index contributed by atoms with van der Waals surface area (Å²) in [6, 6.07) is 4.10. The Morgan fingerprint density at radius 2 is 2.50 bits per heavy atom. The molecule has 0 spiro atoms. The number of nitrogens with two attached hydrogens (primary N) is 1. The highest BCUT2D eigenvalue weighted by molar-refractivity contribution is 5.52. The van der Waals surface area contributed by atoms with Gasteiger partial charge in [0.15, 0.2) is 0 Å². The summed E-state index contributed by atoms with van der Waals surface area (Å²) in [5, 5.41) is 0. The SMILES string of the molecule is NCC1C=Cc2ncccc2C1. The van der Waals surface area contributed by atoms with Crippen LogP contribution in [0.3, 0.4) is 0 Å². The predicted molar refractivity (Wildman–Crippen MR) is 49.5 cm³/mol. The first kappa shape index (κ1) is 7.50. The van der Waals surface area contributed by atoms with Gasteiger partial charge in [0.05, 0.1) is 5.69 Å². The first-order chi connectivity index (χ1) is 5.90. The van der Waals surface area contributed by atoms with Crippen LogP contribution in [0.4, 0.5) is 0 Å². The van der Waals surface area contributed by atoms with Crippen LogP contribution in [-0.4, -0.2) is 11.5 Å². The summed E-state index contributed by atoms with van der Waals surface area (Å²) in [4.78, 5) is 4.26. The summed E-state index contributed by atoms with van der Waals surface area (Å²) in [5.74, 6) is 0.502. The lowest BCUT2D eigenvalue weighted by Crippen LogP contribution is -2.17. The van der Waals surface area contributed by atoms with Crippen LogP contribution in [0.1, 0.15) is 11.3 Å². The molecule has 12 heavy (non-hydrogen) atoms. The van der Waals surface area contributed by atoms with Crippen molar-refractivity contribution >= 4 is 6.08 Å². The lowest BCUT2D eigenvalue weighted by Gasteiger charge is -2.16. The molecule has 0 aliphatic heterocycles. The number of fused-ring (bicyclic) bond motifs is 1. The standard InChI is InChI=1S/C10H12N2/c11-7-8-3-4-10-9(6-8)2-1-5-12-10/h1-5,8H,6-7,11H2. The largest absolute Gasteiger partial charge is 0.330 e. The van der Waals surface area contributed by atoms with E-state index in [1.54, 1.807) is 0 Å². The van der Waals surface area contributed by atoms with E-state index in [2.05, 4.69) is 23.2 Å². The van der Waals surface area contributed by atoms with Gasteiger partial charge in [-0.1, -0.05) is 12.1 Å². The molecule has 1 unspecified atom stereocenters. The molecule has 0 aromatic carbocycles. The first-order valence-electron chi connectivity index (χ1n) is 4.22. The second-order valence-electron chi connectivity index (χ2n) is 3.11. The third-order valence-corrected chi connectivity index (χ3v) is 2.24.